The summed E-state index contributed by atoms with van der Waals surface area (Å²) in [4.78, 5) is 13.0. The molecule has 0 bridgehead atoms. The lowest BCUT2D eigenvalue weighted by Crippen LogP contribution is -2.15. The molecule has 2 aromatic heterocycles. The van der Waals surface area contributed by atoms with Gasteiger partial charge in [0, 0.05) is 31.4 Å². The van der Waals surface area contributed by atoms with Crippen molar-refractivity contribution in [3.05, 3.63) is 47.7 Å². The fraction of sp³-hybridized carbons (Fsp3) is 0.400. The maximum Gasteiger partial charge on any atom is 0.212 e. The van der Waals surface area contributed by atoms with E-state index >= 15 is 0 Å². The van der Waals surface area contributed by atoms with Crippen LogP contribution < -0.4 is 10.1 Å². The number of aromatic nitrogens is 3. The minimum atomic E-state index is 0.618. The number of hydrogen-bond acceptors (Lipinski definition) is 5. The number of rotatable bonds is 7. The summed E-state index contributed by atoms with van der Waals surface area (Å²) in [5.41, 5.74) is 2.09. The predicted molar refractivity (Wildman–Crippen MR) is 77.6 cm³/mol. The monoisotopic (exact) mass is 272 g/mol. The molecule has 0 fully saturated rings. The maximum atomic E-state index is 5.04. The molecule has 2 aromatic rings. The highest BCUT2D eigenvalue weighted by atomic mass is 16.5. The quantitative estimate of drug-likeness (QED) is 0.781. The average Bonchev–Trinajstić information content (AvgIpc) is 2.49. The summed E-state index contributed by atoms with van der Waals surface area (Å²) in [6.45, 7) is 3.93. The third-order valence-corrected chi connectivity index (χ3v) is 2.87. The first-order chi connectivity index (χ1) is 9.81. The largest absolute Gasteiger partial charge is 0.481 e. The molecule has 0 saturated heterocycles. The molecule has 5 heteroatoms. The fourth-order valence-electron chi connectivity index (χ4n) is 1.84. The molecule has 0 saturated carbocycles. The summed E-state index contributed by atoms with van der Waals surface area (Å²) >= 11 is 0. The van der Waals surface area contributed by atoms with E-state index in [-0.39, 0.29) is 0 Å². The molecular formula is C15H20N4O. The second kappa shape index (κ2) is 7.55. The van der Waals surface area contributed by atoms with Crippen molar-refractivity contribution >= 4 is 0 Å². The van der Waals surface area contributed by atoms with Gasteiger partial charge in [-0.3, -0.25) is 0 Å². The van der Waals surface area contributed by atoms with E-state index < -0.39 is 0 Å². The van der Waals surface area contributed by atoms with Gasteiger partial charge in [0.2, 0.25) is 5.88 Å². The third kappa shape index (κ3) is 4.28. The number of nitrogens with one attached hydrogen (secondary N) is 1. The minimum Gasteiger partial charge on any atom is -0.481 e. The molecule has 20 heavy (non-hydrogen) atoms. The Bertz CT molecular complexity index is 528. The van der Waals surface area contributed by atoms with E-state index in [9.17, 15) is 0 Å². The van der Waals surface area contributed by atoms with Gasteiger partial charge in [0.05, 0.1) is 12.8 Å². The van der Waals surface area contributed by atoms with Gasteiger partial charge < -0.3 is 10.1 Å². The van der Waals surface area contributed by atoms with Crippen LogP contribution in [0.1, 0.15) is 30.4 Å². The lowest BCUT2D eigenvalue weighted by atomic mass is 10.2. The van der Waals surface area contributed by atoms with E-state index in [0.717, 1.165) is 36.6 Å². The Morgan fingerprint density at radius 1 is 1.20 bits per heavy atom. The van der Waals surface area contributed by atoms with Crippen molar-refractivity contribution in [3.63, 3.8) is 0 Å². The molecule has 0 unspecified atom stereocenters. The van der Waals surface area contributed by atoms with Crippen LogP contribution in [0.15, 0.2) is 30.6 Å². The number of nitrogens with zero attached hydrogens (tertiary/aromatic N) is 3. The molecule has 0 aliphatic heterocycles. The molecule has 0 amide bonds. The molecule has 0 radical (unpaired) electrons. The molecule has 0 aliphatic carbocycles. The summed E-state index contributed by atoms with van der Waals surface area (Å²) in [6, 6.07) is 5.78. The van der Waals surface area contributed by atoms with Crippen LogP contribution in [0.4, 0.5) is 0 Å². The summed E-state index contributed by atoms with van der Waals surface area (Å²) in [5, 5.41) is 3.34. The van der Waals surface area contributed by atoms with E-state index in [1.165, 1.54) is 0 Å². The van der Waals surface area contributed by atoms with Gasteiger partial charge in [0.25, 0.3) is 0 Å². The summed E-state index contributed by atoms with van der Waals surface area (Å²) in [7, 11) is 1.61. The molecule has 5 nitrogen and oxygen atoms in total. The molecule has 0 aliphatic rings. The van der Waals surface area contributed by atoms with E-state index in [4.69, 9.17) is 4.74 Å². The number of methoxy groups -OCH3 is 1. The lowest BCUT2D eigenvalue weighted by molar-refractivity contribution is 0.397. The molecule has 0 spiro atoms. The molecular weight excluding hydrogens is 252 g/mol. The smallest absolute Gasteiger partial charge is 0.212 e. The second-order valence-electron chi connectivity index (χ2n) is 4.53. The van der Waals surface area contributed by atoms with Crippen LogP contribution in [0.3, 0.4) is 0 Å². The number of ether oxygens (including phenoxy) is 1. The van der Waals surface area contributed by atoms with Crippen molar-refractivity contribution in [1.29, 1.82) is 0 Å². The van der Waals surface area contributed by atoms with Crippen molar-refractivity contribution in [3.8, 4) is 5.88 Å². The molecule has 1 N–H and O–H groups in total. The van der Waals surface area contributed by atoms with Crippen molar-refractivity contribution in [1.82, 2.24) is 20.3 Å². The Balaban J connectivity index is 1.99. The summed E-state index contributed by atoms with van der Waals surface area (Å²) < 4.78 is 5.04. The Morgan fingerprint density at radius 3 is 2.80 bits per heavy atom. The zero-order valence-corrected chi connectivity index (χ0v) is 12.0. The second-order valence-corrected chi connectivity index (χ2v) is 4.53. The van der Waals surface area contributed by atoms with Crippen molar-refractivity contribution in [2.24, 2.45) is 0 Å². The highest BCUT2D eigenvalue weighted by Gasteiger charge is 2.02. The van der Waals surface area contributed by atoms with Gasteiger partial charge in [0.15, 0.2) is 0 Å². The van der Waals surface area contributed by atoms with Gasteiger partial charge in [-0.25, -0.2) is 15.0 Å². The van der Waals surface area contributed by atoms with Crippen molar-refractivity contribution < 1.29 is 4.74 Å². The Morgan fingerprint density at radius 2 is 2.10 bits per heavy atom. The van der Waals surface area contributed by atoms with Crippen molar-refractivity contribution in [2.45, 2.75) is 26.3 Å². The number of hydrogen-bond donors (Lipinski definition) is 1. The van der Waals surface area contributed by atoms with E-state index in [1.54, 1.807) is 13.3 Å². The summed E-state index contributed by atoms with van der Waals surface area (Å²) in [6.07, 6.45) is 5.40. The van der Waals surface area contributed by atoms with E-state index in [1.807, 2.05) is 24.4 Å². The van der Waals surface area contributed by atoms with Crippen LogP contribution in [0.25, 0.3) is 0 Å². The van der Waals surface area contributed by atoms with Crippen LogP contribution >= 0.6 is 0 Å². The molecule has 0 atom stereocenters. The lowest BCUT2D eigenvalue weighted by Gasteiger charge is -2.05. The van der Waals surface area contributed by atoms with Gasteiger partial charge in [-0.15, -0.1) is 0 Å². The standard InChI is InChI=1S/C15H20N4O/c1-3-7-16-11-13-6-8-17-14(19-13)9-12-4-5-15(20-2)18-10-12/h4-6,8,10,16H,3,7,9,11H2,1-2H3. The SMILES string of the molecule is CCCNCc1ccnc(Cc2ccc(OC)nc2)n1. The molecule has 0 aromatic carbocycles. The van der Waals surface area contributed by atoms with Gasteiger partial charge >= 0.3 is 0 Å². The van der Waals surface area contributed by atoms with Gasteiger partial charge in [0.1, 0.15) is 5.82 Å². The van der Waals surface area contributed by atoms with Crippen molar-refractivity contribution in [2.75, 3.05) is 13.7 Å². The van der Waals surface area contributed by atoms with Crippen LogP contribution in [0, 0.1) is 0 Å². The third-order valence-electron chi connectivity index (χ3n) is 2.87. The first-order valence-corrected chi connectivity index (χ1v) is 6.82. The molecule has 2 heterocycles. The highest BCUT2D eigenvalue weighted by molar-refractivity contribution is 5.21. The first kappa shape index (κ1) is 14.4. The van der Waals surface area contributed by atoms with Crippen LogP contribution in [0.2, 0.25) is 0 Å². The molecule has 106 valence electrons. The zero-order chi connectivity index (χ0) is 14.2. The molecule has 2 rings (SSSR count). The Hall–Kier alpha value is -2.01. The number of pyridine rings is 1. The van der Waals surface area contributed by atoms with Gasteiger partial charge in [-0.05, 0) is 24.6 Å². The van der Waals surface area contributed by atoms with Gasteiger partial charge in [-0.1, -0.05) is 13.0 Å². The predicted octanol–water partition coefficient (Wildman–Crippen LogP) is 1.97. The normalized spacial score (nSPS) is 10.5. The minimum absolute atomic E-state index is 0.618. The topological polar surface area (TPSA) is 59.9 Å². The van der Waals surface area contributed by atoms with Crippen LogP contribution in [0.5, 0.6) is 5.88 Å². The summed E-state index contributed by atoms with van der Waals surface area (Å²) in [5.74, 6) is 1.43. The first-order valence-electron chi connectivity index (χ1n) is 6.82. The van der Waals surface area contributed by atoms with Gasteiger partial charge in [-0.2, -0.15) is 0 Å². The van der Waals surface area contributed by atoms with E-state index in [0.29, 0.717) is 12.3 Å². The van der Waals surface area contributed by atoms with Crippen LogP contribution in [-0.4, -0.2) is 28.6 Å². The highest BCUT2D eigenvalue weighted by Crippen LogP contribution is 2.09. The van der Waals surface area contributed by atoms with Crippen LogP contribution in [-0.2, 0) is 13.0 Å². The Kier molecular flexibility index (Phi) is 5.43. The van der Waals surface area contributed by atoms with E-state index in [2.05, 4.69) is 27.2 Å². The maximum absolute atomic E-state index is 5.04. The zero-order valence-electron chi connectivity index (χ0n) is 12.0. The fourth-order valence-corrected chi connectivity index (χ4v) is 1.84. The Labute approximate surface area is 119 Å². The average molecular weight is 272 g/mol.